The first-order valence-electron chi connectivity index (χ1n) is 8.66. The van der Waals surface area contributed by atoms with Gasteiger partial charge in [0, 0.05) is 31.0 Å². The molecule has 1 aromatic heterocycles. The van der Waals surface area contributed by atoms with Crippen molar-refractivity contribution in [1.29, 1.82) is 0 Å². The van der Waals surface area contributed by atoms with Crippen molar-refractivity contribution in [3.63, 3.8) is 0 Å². The molecule has 7 nitrogen and oxygen atoms in total. The minimum Gasteiger partial charge on any atom is -0.309 e. The molecule has 2 aromatic carbocycles. The molecular weight excluding hydrogens is 386 g/mol. The summed E-state index contributed by atoms with van der Waals surface area (Å²) in [5.41, 5.74) is 3.18. The van der Waals surface area contributed by atoms with E-state index in [-0.39, 0.29) is 18.9 Å². The molecule has 4 N–H and O–H groups in total. The van der Waals surface area contributed by atoms with Crippen molar-refractivity contribution in [1.82, 2.24) is 25.9 Å². The third kappa shape index (κ3) is 3.84. The molecule has 1 saturated carbocycles. The second-order valence-electron chi connectivity index (χ2n) is 6.75. The predicted molar refractivity (Wildman–Crippen MR) is 100 cm³/mol. The third-order valence-electron chi connectivity index (χ3n) is 4.76. The summed E-state index contributed by atoms with van der Waals surface area (Å²) in [6.07, 6.45) is -0.218. The Morgan fingerprint density at radius 1 is 1.21 bits per heavy atom. The predicted octanol–water partition coefficient (Wildman–Crippen LogP) is 2.40. The molecule has 1 unspecified atom stereocenters. The molecule has 1 heterocycles. The number of nitrogens with two attached hydrogens (primary N) is 1. The number of nitrogens with zero attached hydrogens (tertiary/aromatic N) is 3. The molecule has 1 fully saturated rings. The van der Waals surface area contributed by atoms with E-state index in [1.54, 1.807) is 12.1 Å². The topological polar surface area (TPSA) is 110 Å². The van der Waals surface area contributed by atoms with Gasteiger partial charge in [0.15, 0.2) is 0 Å². The monoisotopic (exact) mass is 404 g/mol. The Morgan fingerprint density at radius 3 is 2.57 bits per heavy atom. The van der Waals surface area contributed by atoms with E-state index in [9.17, 15) is 13.0 Å². The van der Waals surface area contributed by atoms with Crippen LogP contribution in [-0.4, -0.2) is 36.8 Å². The molecular formula is C18H18F2N6OS. The molecule has 1 aliphatic carbocycles. The summed E-state index contributed by atoms with van der Waals surface area (Å²) in [6.45, 7) is 0.519. The number of benzene rings is 2. The molecule has 0 radical (unpaired) electrons. The van der Waals surface area contributed by atoms with Crippen LogP contribution in [0.3, 0.4) is 0 Å². The van der Waals surface area contributed by atoms with Gasteiger partial charge in [-0.3, -0.25) is 0 Å². The zero-order valence-corrected chi connectivity index (χ0v) is 15.5. The Hall–Kier alpha value is -2.56. The van der Waals surface area contributed by atoms with Crippen molar-refractivity contribution in [2.45, 2.75) is 36.2 Å². The number of H-pyrrole nitrogens is 1. The highest BCUT2D eigenvalue weighted by molar-refractivity contribution is 7.82. The minimum atomic E-state index is -2.53. The fraction of sp³-hybridized carbons (Fsp3) is 0.278. The number of rotatable bonds is 6. The van der Waals surface area contributed by atoms with Crippen LogP contribution >= 0.6 is 0 Å². The lowest BCUT2D eigenvalue weighted by Gasteiger charge is -2.35. The highest BCUT2D eigenvalue weighted by Crippen LogP contribution is 2.37. The number of alkyl halides is 2. The van der Waals surface area contributed by atoms with Gasteiger partial charge in [-0.2, -0.15) is 5.21 Å². The normalized spacial score (nSPS) is 17.2. The van der Waals surface area contributed by atoms with Crippen molar-refractivity contribution < 1.29 is 13.0 Å². The Balaban J connectivity index is 1.58. The largest absolute Gasteiger partial charge is 0.309 e. The third-order valence-corrected chi connectivity index (χ3v) is 5.54. The number of tetrazole rings is 1. The average Bonchev–Trinajstić information content (AvgIpc) is 3.19. The first kappa shape index (κ1) is 18.8. The molecule has 0 saturated heterocycles. The van der Waals surface area contributed by atoms with Gasteiger partial charge in [-0.1, -0.05) is 36.4 Å². The summed E-state index contributed by atoms with van der Waals surface area (Å²) in [5, 5.41) is 22.7. The minimum absolute atomic E-state index is 0.109. The van der Waals surface area contributed by atoms with Crippen molar-refractivity contribution >= 4 is 11.0 Å². The van der Waals surface area contributed by atoms with Crippen molar-refractivity contribution in [3.8, 4) is 22.5 Å². The van der Waals surface area contributed by atoms with Crippen LogP contribution in [0.15, 0.2) is 47.4 Å². The quantitative estimate of drug-likeness (QED) is 0.584. The van der Waals surface area contributed by atoms with Crippen LogP contribution in [0.25, 0.3) is 22.5 Å². The van der Waals surface area contributed by atoms with E-state index in [1.165, 1.54) is 0 Å². The maximum absolute atomic E-state index is 12.9. The van der Waals surface area contributed by atoms with E-state index in [0.29, 0.717) is 22.8 Å². The molecule has 1 aliphatic rings. The number of hydrogen-bond acceptors (Lipinski definition) is 5. The molecule has 3 aromatic rings. The van der Waals surface area contributed by atoms with Crippen molar-refractivity contribution in [2.75, 3.05) is 0 Å². The summed E-state index contributed by atoms with van der Waals surface area (Å²) in [6, 6.07) is 12.8. The van der Waals surface area contributed by atoms with E-state index in [2.05, 4.69) is 25.9 Å². The first-order valence-corrected chi connectivity index (χ1v) is 9.88. The van der Waals surface area contributed by atoms with Gasteiger partial charge in [0.05, 0.1) is 4.90 Å². The lowest BCUT2D eigenvalue weighted by Crippen LogP contribution is -2.48. The number of aromatic nitrogens is 4. The molecule has 146 valence electrons. The summed E-state index contributed by atoms with van der Waals surface area (Å²) in [7, 11) is -1.72. The van der Waals surface area contributed by atoms with Gasteiger partial charge in [0.25, 0.3) is 5.92 Å². The summed E-state index contributed by atoms with van der Waals surface area (Å²) in [4.78, 5) is 0.413. The van der Waals surface area contributed by atoms with Gasteiger partial charge in [-0.05, 0) is 28.0 Å². The smallest absolute Gasteiger partial charge is 0.251 e. The summed E-state index contributed by atoms with van der Waals surface area (Å²) < 4.78 is 37.8. The van der Waals surface area contributed by atoms with Crippen molar-refractivity contribution in [2.24, 2.45) is 5.14 Å². The Bertz CT molecular complexity index is 986. The van der Waals surface area contributed by atoms with E-state index >= 15 is 0 Å². The van der Waals surface area contributed by atoms with Gasteiger partial charge in [0.1, 0.15) is 11.0 Å². The molecule has 4 rings (SSSR count). The SMILES string of the molecule is NS(=O)c1cccc(-c2ccc(CNC3CC(F)(F)C3)cc2)c1-c1nn[nH]n1. The Morgan fingerprint density at radius 2 is 1.96 bits per heavy atom. The molecule has 10 heteroatoms. The van der Waals surface area contributed by atoms with Crippen LogP contribution in [0.1, 0.15) is 18.4 Å². The standard InChI is InChI=1S/C18H18F2N6OS/c19-18(20)8-13(9-18)22-10-11-4-6-12(7-5-11)14-2-1-3-15(28(21)27)16(14)17-23-25-26-24-17/h1-7,13,22H,8-10,21H2,(H,23,24,25,26). The fourth-order valence-electron chi connectivity index (χ4n) is 3.31. The lowest BCUT2D eigenvalue weighted by molar-refractivity contribution is -0.0930. The zero-order valence-electron chi connectivity index (χ0n) is 14.7. The van der Waals surface area contributed by atoms with Crippen LogP contribution in [0.5, 0.6) is 0 Å². The summed E-state index contributed by atoms with van der Waals surface area (Å²) in [5.74, 6) is -2.22. The molecule has 0 spiro atoms. The number of nitrogens with one attached hydrogen (secondary N) is 2. The Kier molecular flexibility index (Phi) is 5.00. The van der Waals surface area contributed by atoms with E-state index in [0.717, 1.165) is 16.7 Å². The molecule has 0 bridgehead atoms. The number of hydrogen-bond donors (Lipinski definition) is 3. The van der Waals surface area contributed by atoms with Gasteiger partial charge in [-0.15, -0.1) is 10.2 Å². The van der Waals surface area contributed by atoms with Crippen molar-refractivity contribution in [3.05, 3.63) is 48.0 Å². The first-order chi connectivity index (χ1) is 13.4. The van der Waals surface area contributed by atoms with Crippen LogP contribution in [0.2, 0.25) is 0 Å². The van der Waals surface area contributed by atoms with E-state index < -0.39 is 16.9 Å². The van der Waals surface area contributed by atoms with Crippen LogP contribution in [0, 0.1) is 0 Å². The van der Waals surface area contributed by atoms with E-state index in [1.807, 2.05) is 30.3 Å². The number of aromatic amines is 1. The highest BCUT2D eigenvalue weighted by atomic mass is 32.2. The molecule has 0 aliphatic heterocycles. The lowest BCUT2D eigenvalue weighted by atomic mass is 9.88. The van der Waals surface area contributed by atoms with Crippen LogP contribution in [0.4, 0.5) is 8.78 Å². The summed E-state index contributed by atoms with van der Waals surface area (Å²) >= 11 is 0. The van der Waals surface area contributed by atoms with Crippen LogP contribution in [-0.2, 0) is 17.5 Å². The van der Waals surface area contributed by atoms with Gasteiger partial charge >= 0.3 is 0 Å². The fourth-order valence-corrected chi connectivity index (χ4v) is 3.92. The molecule has 28 heavy (non-hydrogen) atoms. The van der Waals surface area contributed by atoms with E-state index in [4.69, 9.17) is 5.14 Å². The maximum atomic E-state index is 12.9. The van der Waals surface area contributed by atoms with Gasteiger partial charge in [0.2, 0.25) is 5.82 Å². The zero-order chi connectivity index (χ0) is 19.7. The van der Waals surface area contributed by atoms with Gasteiger partial charge in [-0.25, -0.2) is 18.1 Å². The number of halogens is 2. The molecule has 0 amide bonds. The Labute approximate surface area is 162 Å². The maximum Gasteiger partial charge on any atom is 0.251 e. The second kappa shape index (κ2) is 7.46. The molecule has 1 atom stereocenters. The van der Waals surface area contributed by atoms with Crippen LogP contribution < -0.4 is 10.5 Å². The highest BCUT2D eigenvalue weighted by Gasteiger charge is 2.44. The van der Waals surface area contributed by atoms with Gasteiger partial charge < -0.3 is 5.32 Å². The average molecular weight is 404 g/mol. The second-order valence-corrected chi connectivity index (χ2v) is 7.79.